The van der Waals surface area contributed by atoms with Crippen molar-refractivity contribution in [1.29, 1.82) is 0 Å². The van der Waals surface area contributed by atoms with Crippen LogP contribution in [0.15, 0.2) is 127 Å². The first kappa shape index (κ1) is 17.7. The molecule has 6 aromatic carbocycles. The standard InChI is InChI=1S/C30H21N/c1-3-12-23(13-4-1)31(24-14-5-2-6-15-24)30-21-29-25-16-8-7-11-22(25)19-20-27(29)26-17-9-10-18-28(26)30/h1-21H. The predicted molar refractivity (Wildman–Crippen MR) is 134 cm³/mol. The Bertz CT molecular complexity index is 1480. The minimum atomic E-state index is 1.15. The first-order valence-electron chi connectivity index (χ1n) is 10.6. The zero-order valence-electron chi connectivity index (χ0n) is 17.1. The summed E-state index contributed by atoms with van der Waals surface area (Å²) in [6, 6.07) is 45.5. The van der Waals surface area contributed by atoms with Gasteiger partial charge in [-0.2, -0.15) is 0 Å². The molecule has 0 atom stereocenters. The van der Waals surface area contributed by atoms with Gasteiger partial charge in [-0.15, -0.1) is 0 Å². The first-order chi connectivity index (χ1) is 15.4. The van der Waals surface area contributed by atoms with Crippen LogP contribution < -0.4 is 4.90 Å². The first-order valence-corrected chi connectivity index (χ1v) is 10.6. The van der Waals surface area contributed by atoms with E-state index in [-0.39, 0.29) is 0 Å². The second-order valence-electron chi connectivity index (χ2n) is 7.83. The fourth-order valence-corrected chi connectivity index (χ4v) is 4.61. The second-order valence-corrected chi connectivity index (χ2v) is 7.83. The average Bonchev–Trinajstić information content (AvgIpc) is 2.85. The van der Waals surface area contributed by atoms with Gasteiger partial charge in [-0.1, -0.05) is 97.1 Å². The molecule has 6 rings (SSSR count). The molecule has 0 aliphatic rings. The van der Waals surface area contributed by atoms with E-state index in [1.165, 1.54) is 38.0 Å². The molecule has 0 aromatic heterocycles. The monoisotopic (exact) mass is 395 g/mol. The highest BCUT2D eigenvalue weighted by Gasteiger charge is 2.17. The Balaban J connectivity index is 1.76. The van der Waals surface area contributed by atoms with Crippen LogP contribution in [0.2, 0.25) is 0 Å². The van der Waals surface area contributed by atoms with Gasteiger partial charge < -0.3 is 4.90 Å². The summed E-state index contributed by atoms with van der Waals surface area (Å²) in [5.41, 5.74) is 3.49. The molecule has 31 heavy (non-hydrogen) atoms. The topological polar surface area (TPSA) is 3.24 Å². The highest BCUT2D eigenvalue weighted by Crippen LogP contribution is 2.43. The molecule has 146 valence electrons. The van der Waals surface area contributed by atoms with Crippen molar-refractivity contribution >= 4 is 49.4 Å². The van der Waals surface area contributed by atoms with Crippen molar-refractivity contribution in [3.63, 3.8) is 0 Å². The molecule has 6 aromatic rings. The van der Waals surface area contributed by atoms with E-state index in [0.717, 1.165) is 11.4 Å². The lowest BCUT2D eigenvalue weighted by atomic mass is 9.95. The lowest BCUT2D eigenvalue weighted by Crippen LogP contribution is -2.10. The van der Waals surface area contributed by atoms with Crippen molar-refractivity contribution < 1.29 is 0 Å². The third-order valence-electron chi connectivity index (χ3n) is 6.01. The summed E-state index contributed by atoms with van der Waals surface area (Å²) in [5, 5.41) is 7.65. The van der Waals surface area contributed by atoms with Gasteiger partial charge in [0.1, 0.15) is 0 Å². The van der Waals surface area contributed by atoms with E-state index in [4.69, 9.17) is 0 Å². The minimum Gasteiger partial charge on any atom is -0.310 e. The summed E-state index contributed by atoms with van der Waals surface area (Å²) in [7, 11) is 0. The molecule has 0 aliphatic carbocycles. The van der Waals surface area contributed by atoms with Crippen LogP contribution in [0.5, 0.6) is 0 Å². The summed E-state index contributed by atoms with van der Waals surface area (Å²) >= 11 is 0. The largest absolute Gasteiger partial charge is 0.310 e. The Labute approximate surface area is 181 Å². The average molecular weight is 396 g/mol. The van der Waals surface area contributed by atoms with E-state index < -0.39 is 0 Å². The molecule has 0 fully saturated rings. The molecule has 0 spiro atoms. The molecule has 0 aliphatic heterocycles. The van der Waals surface area contributed by atoms with Gasteiger partial charge in [0.05, 0.1) is 5.69 Å². The predicted octanol–water partition coefficient (Wildman–Crippen LogP) is 8.62. The summed E-state index contributed by atoms with van der Waals surface area (Å²) < 4.78 is 0. The van der Waals surface area contributed by atoms with Crippen LogP contribution in [-0.4, -0.2) is 0 Å². The number of anilines is 3. The molecule has 0 unspecified atom stereocenters. The van der Waals surface area contributed by atoms with Gasteiger partial charge >= 0.3 is 0 Å². The number of benzene rings is 6. The van der Waals surface area contributed by atoms with Crippen LogP contribution in [0.25, 0.3) is 32.3 Å². The zero-order chi connectivity index (χ0) is 20.6. The Morgan fingerprint density at radius 2 is 0.871 bits per heavy atom. The maximum Gasteiger partial charge on any atom is 0.0546 e. The van der Waals surface area contributed by atoms with Gasteiger partial charge in [0.2, 0.25) is 0 Å². The van der Waals surface area contributed by atoms with E-state index in [9.17, 15) is 0 Å². The molecule has 0 saturated heterocycles. The van der Waals surface area contributed by atoms with Gasteiger partial charge in [-0.05, 0) is 57.3 Å². The second kappa shape index (κ2) is 7.30. The van der Waals surface area contributed by atoms with Crippen LogP contribution in [-0.2, 0) is 0 Å². The fourth-order valence-electron chi connectivity index (χ4n) is 4.61. The molecular formula is C30H21N. The highest BCUT2D eigenvalue weighted by molar-refractivity contribution is 6.21. The number of hydrogen-bond acceptors (Lipinski definition) is 1. The third kappa shape index (κ3) is 2.94. The Hall–Kier alpha value is -4.10. The Kier molecular flexibility index (Phi) is 4.18. The van der Waals surface area contributed by atoms with Crippen molar-refractivity contribution in [3.8, 4) is 0 Å². The summed E-state index contributed by atoms with van der Waals surface area (Å²) in [4.78, 5) is 2.36. The van der Waals surface area contributed by atoms with Gasteiger partial charge in [-0.25, -0.2) is 0 Å². The SMILES string of the molecule is c1ccc(N(c2ccccc2)c2cc3c4ccccc4ccc3c3ccccc23)cc1. The minimum absolute atomic E-state index is 1.15. The Morgan fingerprint density at radius 3 is 1.55 bits per heavy atom. The van der Waals surface area contributed by atoms with E-state index in [2.05, 4.69) is 132 Å². The number of rotatable bonds is 3. The maximum absolute atomic E-state index is 2.36. The lowest BCUT2D eigenvalue weighted by Gasteiger charge is -2.27. The van der Waals surface area contributed by atoms with Crippen LogP contribution in [0.4, 0.5) is 17.1 Å². The van der Waals surface area contributed by atoms with Crippen molar-refractivity contribution in [2.75, 3.05) is 4.90 Å². The molecule has 1 nitrogen and oxygen atoms in total. The van der Waals surface area contributed by atoms with E-state index in [1.807, 2.05) is 0 Å². The third-order valence-corrected chi connectivity index (χ3v) is 6.01. The number of hydrogen-bond donors (Lipinski definition) is 0. The van der Waals surface area contributed by atoms with Gasteiger partial charge in [0, 0.05) is 16.8 Å². The molecular weight excluding hydrogens is 374 g/mol. The molecule has 0 heterocycles. The smallest absolute Gasteiger partial charge is 0.0546 e. The number of fused-ring (bicyclic) bond motifs is 5. The zero-order valence-corrected chi connectivity index (χ0v) is 17.1. The summed E-state index contributed by atoms with van der Waals surface area (Å²) in [6.07, 6.45) is 0. The summed E-state index contributed by atoms with van der Waals surface area (Å²) in [5.74, 6) is 0. The quantitative estimate of drug-likeness (QED) is 0.271. The van der Waals surface area contributed by atoms with Crippen LogP contribution in [0, 0.1) is 0 Å². The van der Waals surface area contributed by atoms with Crippen molar-refractivity contribution in [2.24, 2.45) is 0 Å². The molecule has 0 amide bonds. The Morgan fingerprint density at radius 1 is 0.355 bits per heavy atom. The molecule has 0 N–H and O–H groups in total. The van der Waals surface area contributed by atoms with Crippen molar-refractivity contribution in [3.05, 3.63) is 127 Å². The molecule has 0 bridgehead atoms. The molecule has 1 heteroatoms. The van der Waals surface area contributed by atoms with Gasteiger partial charge in [-0.3, -0.25) is 0 Å². The van der Waals surface area contributed by atoms with Crippen LogP contribution >= 0.6 is 0 Å². The van der Waals surface area contributed by atoms with E-state index in [1.54, 1.807) is 0 Å². The fraction of sp³-hybridized carbons (Fsp3) is 0. The number of para-hydroxylation sites is 2. The van der Waals surface area contributed by atoms with Crippen LogP contribution in [0.3, 0.4) is 0 Å². The highest BCUT2D eigenvalue weighted by atomic mass is 15.1. The summed E-state index contributed by atoms with van der Waals surface area (Å²) in [6.45, 7) is 0. The maximum atomic E-state index is 2.36. The number of nitrogens with zero attached hydrogens (tertiary/aromatic N) is 1. The van der Waals surface area contributed by atoms with Crippen LogP contribution in [0.1, 0.15) is 0 Å². The van der Waals surface area contributed by atoms with Crippen molar-refractivity contribution in [2.45, 2.75) is 0 Å². The normalized spacial score (nSPS) is 11.2. The van der Waals surface area contributed by atoms with E-state index in [0.29, 0.717) is 0 Å². The van der Waals surface area contributed by atoms with Gasteiger partial charge in [0.25, 0.3) is 0 Å². The van der Waals surface area contributed by atoms with E-state index >= 15 is 0 Å². The molecule has 0 radical (unpaired) electrons. The van der Waals surface area contributed by atoms with Gasteiger partial charge in [0.15, 0.2) is 0 Å². The molecule has 0 saturated carbocycles. The van der Waals surface area contributed by atoms with Crippen molar-refractivity contribution in [1.82, 2.24) is 0 Å². The lowest BCUT2D eigenvalue weighted by molar-refractivity contribution is 1.30.